The monoisotopic (exact) mass is 453 g/mol. The van der Waals surface area contributed by atoms with Crippen LogP contribution in [0.1, 0.15) is 41.2 Å². The average Bonchev–Trinajstić information content (AvgIpc) is 3.18. The third-order valence-electron chi connectivity index (χ3n) is 4.82. The van der Waals surface area contributed by atoms with E-state index in [-0.39, 0.29) is 23.8 Å². The number of nitrogens with zero attached hydrogens (tertiary/aromatic N) is 3. The molecule has 0 aliphatic carbocycles. The number of hydrogen-bond donors (Lipinski definition) is 1. The number of carboxylic acids is 1. The predicted octanol–water partition coefficient (Wildman–Crippen LogP) is 2.84. The van der Waals surface area contributed by atoms with Gasteiger partial charge < -0.3 is 24.5 Å². The van der Waals surface area contributed by atoms with Crippen molar-refractivity contribution in [2.75, 3.05) is 11.1 Å². The van der Waals surface area contributed by atoms with Gasteiger partial charge in [0, 0.05) is 17.8 Å². The molecule has 0 bridgehead atoms. The summed E-state index contributed by atoms with van der Waals surface area (Å²) in [6.45, 7) is 6.71. The molecule has 3 aromatic rings. The Morgan fingerprint density at radius 1 is 1.16 bits per heavy atom. The number of aromatic nitrogens is 3. The topological polar surface area (TPSA) is 109 Å². The van der Waals surface area contributed by atoms with Gasteiger partial charge in [-0.25, -0.2) is 0 Å². The van der Waals surface area contributed by atoms with Crippen molar-refractivity contribution in [3.63, 3.8) is 0 Å². The summed E-state index contributed by atoms with van der Waals surface area (Å²) in [5.74, 6) is 0.0176. The van der Waals surface area contributed by atoms with Gasteiger partial charge in [-0.05, 0) is 49.6 Å². The van der Waals surface area contributed by atoms with E-state index in [1.54, 1.807) is 12.1 Å². The first kappa shape index (κ1) is 23.3. The maximum Gasteiger partial charge on any atom is 0.234 e. The third-order valence-corrected chi connectivity index (χ3v) is 5.79. The number of carbonyl (C=O) groups excluding carboxylic acids is 2. The molecule has 0 fully saturated rings. The zero-order valence-electron chi connectivity index (χ0n) is 18.3. The molecular formula is C23H25N4O4S-. The molecular weight excluding hydrogens is 428 g/mol. The van der Waals surface area contributed by atoms with Gasteiger partial charge in [0.05, 0.1) is 11.7 Å². The Bertz CT molecular complexity index is 1110. The van der Waals surface area contributed by atoms with Gasteiger partial charge in [-0.3, -0.25) is 4.79 Å². The van der Waals surface area contributed by atoms with Crippen LogP contribution >= 0.6 is 11.8 Å². The lowest BCUT2D eigenvalue weighted by molar-refractivity contribution is -0.255. The quantitative estimate of drug-likeness (QED) is 0.470. The lowest BCUT2D eigenvalue weighted by atomic mass is 10.0. The SMILES string of the molecule is CCc1c(NC(=O)CSc2nnc(COc3cccc(C)c3)n2CC)cccc1C(=O)[O-]. The van der Waals surface area contributed by atoms with Gasteiger partial charge >= 0.3 is 0 Å². The highest BCUT2D eigenvalue weighted by molar-refractivity contribution is 7.99. The highest BCUT2D eigenvalue weighted by Crippen LogP contribution is 2.23. The molecule has 0 spiro atoms. The Morgan fingerprint density at radius 3 is 2.62 bits per heavy atom. The molecule has 1 heterocycles. The van der Waals surface area contributed by atoms with Crippen molar-refractivity contribution < 1.29 is 19.4 Å². The molecule has 0 aliphatic heterocycles. The van der Waals surface area contributed by atoms with Crippen molar-refractivity contribution in [2.24, 2.45) is 0 Å². The van der Waals surface area contributed by atoms with Gasteiger partial charge in [0.2, 0.25) is 5.91 Å². The average molecular weight is 454 g/mol. The number of nitrogens with one attached hydrogen (secondary N) is 1. The summed E-state index contributed by atoms with van der Waals surface area (Å²) in [5.41, 5.74) is 2.21. The fourth-order valence-electron chi connectivity index (χ4n) is 3.30. The van der Waals surface area contributed by atoms with Gasteiger partial charge in [-0.1, -0.05) is 43.0 Å². The summed E-state index contributed by atoms with van der Waals surface area (Å²) >= 11 is 1.26. The number of anilines is 1. The van der Waals surface area contributed by atoms with E-state index in [2.05, 4.69) is 15.5 Å². The van der Waals surface area contributed by atoms with E-state index in [0.29, 0.717) is 35.2 Å². The molecule has 0 saturated carbocycles. The van der Waals surface area contributed by atoms with Crippen LogP contribution in [0.4, 0.5) is 5.69 Å². The summed E-state index contributed by atoms with van der Waals surface area (Å²) < 4.78 is 7.73. The second-order valence-corrected chi connectivity index (χ2v) is 8.00. The maximum absolute atomic E-state index is 12.5. The van der Waals surface area contributed by atoms with Crippen molar-refractivity contribution in [2.45, 2.75) is 45.5 Å². The minimum atomic E-state index is -1.26. The van der Waals surface area contributed by atoms with Crippen LogP contribution in [0.3, 0.4) is 0 Å². The number of aromatic carboxylic acids is 1. The summed E-state index contributed by atoms with van der Waals surface area (Å²) in [6.07, 6.45) is 0.460. The summed E-state index contributed by atoms with van der Waals surface area (Å²) in [7, 11) is 0. The van der Waals surface area contributed by atoms with Crippen molar-refractivity contribution in [3.05, 3.63) is 65.0 Å². The molecule has 0 atom stereocenters. The van der Waals surface area contributed by atoms with Crippen molar-refractivity contribution in [1.29, 1.82) is 0 Å². The highest BCUT2D eigenvalue weighted by atomic mass is 32.2. The van der Waals surface area contributed by atoms with Crippen LogP contribution in [0.2, 0.25) is 0 Å². The van der Waals surface area contributed by atoms with Crippen molar-refractivity contribution >= 4 is 29.3 Å². The second-order valence-electron chi connectivity index (χ2n) is 7.06. The van der Waals surface area contributed by atoms with E-state index in [9.17, 15) is 14.7 Å². The van der Waals surface area contributed by atoms with Crippen LogP contribution < -0.4 is 15.2 Å². The van der Waals surface area contributed by atoms with E-state index in [1.807, 2.05) is 49.6 Å². The van der Waals surface area contributed by atoms with Crippen LogP contribution in [0.5, 0.6) is 5.75 Å². The molecule has 0 radical (unpaired) electrons. The normalized spacial score (nSPS) is 10.7. The van der Waals surface area contributed by atoms with Crippen LogP contribution in [0.15, 0.2) is 47.6 Å². The Morgan fingerprint density at radius 2 is 1.94 bits per heavy atom. The van der Waals surface area contributed by atoms with Gasteiger partial charge in [0.15, 0.2) is 11.0 Å². The van der Waals surface area contributed by atoms with E-state index < -0.39 is 5.97 Å². The lowest BCUT2D eigenvalue weighted by Gasteiger charge is -2.15. The first-order valence-corrected chi connectivity index (χ1v) is 11.3. The number of carbonyl (C=O) groups is 2. The number of hydrogen-bond acceptors (Lipinski definition) is 7. The fourth-order valence-corrected chi connectivity index (χ4v) is 4.12. The minimum absolute atomic E-state index is 0.0851. The van der Waals surface area contributed by atoms with Crippen LogP contribution in [0, 0.1) is 6.92 Å². The second kappa shape index (κ2) is 10.8. The predicted molar refractivity (Wildman–Crippen MR) is 121 cm³/mol. The van der Waals surface area contributed by atoms with Crippen LogP contribution in [-0.4, -0.2) is 32.4 Å². The largest absolute Gasteiger partial charge is 0.545 e. The van der Waals surface area contributed by atoms with Gasteiger partial charge in [0.25, 0.3) is 0 Å². The zero-order chi connectivity index (χ0) is 23.1. The smallest absolute Gasteiger partial charge is 0.234 e. The molecule has 168 valence electrons. The summed E-state index contributed by atoms with van der Waals surface area (Å²) in [5, 5.41) is 23.1. The molecule has 32 heavy (non-hydrogen) atoms. The number of amides is 1. The summed E-state index contributed by atoms with van der Waals surface area (Å²) in [4.78, 5) is 23.8. The van der Waals surface area contributed by atoms with E-state index in [4.69, 9.17) is 4.74 Å². The molecule has 3 rings (SSSR count). The highest BCUT2D eigenvalue weighted by Gasteiger charge is 2.15. The van der Waals surface area contributed by atoms with Gasteiger partial charge in [-0.2, -0.15) is 0 Å². The number of ether oxygens (including phenoxy) is 1. The molecule has 0 saturated heterocycles. The first-order valence-electron chi connectivity index (χ1n) is 10.3. The Balaban J connectivity index is 1.63. The molecule has 0 unspecified atom stereocenters. The van der Waals surface area contributed by atoms with Gasteiger partial charge in [0.1, 0.15) is 12.4 Å². The zero-order valence-corrected chi connectivity index (χ0v) is 19.1. The lowest BCUT2D eigenvalue weighted by Crippen LogP contribution is -2.25. The van der Waals surface area contributed by atoms with Crippen molar-refractivity contribution in [1.82, 2.24) is 14.8 Å². The molecule has 1 amide bonds. The Kier molecular flexibility index (Phi) is 7.88. The number of carboxylic acid groups (broad SMARTS) is 1. The number of rotatable bonds is 10. The summed E-state index contributed by atoms with van der Waals surface area (Å²) in [6, 6.07) is 12.5. The van der Waals surface area contributed by atoms with Crippen LogP contribution in [-0.2, 0) is 24.4 Å². The Hall–Kier alpha value is -3.33. The van der Waals surface area contributed by atoms with E-state index in [0.717, 1.165) is 11.3 Å². The molecule has 0 aliphatic rings. The minimum Gasteiger partial charge on any atom is -0.545 e. The molecule has 1 aromatic heterocycles. The fraction of sp³-hybridized carbons (Fsp3) is 0.304. The molecule has 9 heteroatoms. The molecule has 2 aromatic carbocycles. The van der Waals surface area contributed by atoms with Gasteiger partial charge in [-0.15, -0.1) is 10.2 Å². The molecule has 1 N–H and O–H groups in total. The number of aryl methyl sites for hydroxylation is 1. The third kappa shape index (κ3) is 5.67. The molecule has 8 nitrogen and oxygen atoms in total. The van der Waals surface area contributed by atoms with E-state index >= 15 is 0 Å². The number of thioether (sulfide) groups is 1. The standard InChI is InChI=1S/C23H26N4O4S/c1-4-17-18(22(29)30)10-7-11-19(17)24-21(28)14-32-23-26-25-20(27(23)5-2)13-31-16-9-6-8-15(3)12-16/h6-12H,4-5,13-14H2,1-3H3,(H,24,28)(H,29,30)/p-1. The Labute approximate surface area is 191 Å². The van der Waals surface area contributed by atoms with Crippen LogP contribution in [0.25, 0.3) is 0 Å². The van der Waals surface area contributed by atoms with Crippen molar-refractivity contribution in [3.8, 4) is 5.75 Å². The maximum atomic E-state index is 12.5. The number of benzene rings is 2. The first-order chi connectivity index (χ1) is 15.4. The van der Waals surface area contributed by atoms with E-state index in [1.165, 1.54) is 17.8 Å².